The highest BCUT2D eigenvalue weighted by Gasteiger charge is 2.41. The third kappa shape index (κ3) is 2.69. The highest BCUT2D eigenvalue weighted by Crippen LogP contribution is 2.39. The van der Waals surface area contributed by atoms with Gasteiger partial charge in [-0.3, -0.25) is 4.79 Å². The molecule has 2 atom stereocenters. The Bertz CT molecular complexity index is 532. The number of rotatable bonds is 4. The number of halogens is 1. The van der Waals surface area contributed by atoms with Crippen molar-refractivity contribution in [2.75, 3.05) is 13.7 Å². The van der Waals surface area contributed by atoms with Gasteiger partial charge in [0.15, 0.2) is 5.78 Å². The number of nitrogens with zero attached hydrogens (tertiary/aromatic N) is 1. The van der Waals surface area contributed by atoms with Crippen molar-refractivity contribution in [1.82, 2.24) is 4.90 Å². The van der Waals surface area contributed by atoms with Gasteiger partial charge in [0, 0.05) is 24.1 Å². The molecule has 0 aliphatic carbocycles. The van der Waals surface area contributed by atoms with Crippen LogP contribution in [0.3, 0.4) is 0 Å². The van der Waals surface area contributed by atoms with Gasteiger partial charge in [-0.25, -0.2) is 4.39 Å². The summed E-state index contributed by atoms with van der Waals surface area (Å²) in [4.78, 5) is 15.0. The second-order valence-electron chi connectivity index (χ2n) is 6.16. The van der Waals surface area contributed by atoms with Crippen LogP contribution in [0, 0.1) is 11.7 Å². The van der Waals surface area contributed by atoms with E-state index < -0.39 is 5.82 Å². The molecule has 2 aliphatic heterocycles. The van der Waals surface area contributed by atoms with E-state index in [4.69, 9.17) is 4.74 Å². The van der Waals surface area contributed by atoms with Crippen LogP contribution < -0.4 is 4.74 Å². The predicted octanol–water partition coefficient (Wildman–Crippen LogP) is 3.28. The summed E-state index contributed by atoms with van der Waals surface area (Å²) in [6, 6.07) is 5.55. The summed E-state index contributed by atoms with van der Waals surface area (Å²) in [5.74, 6) is -0.0566. The van der Waals surface area contributed by atoms with E-state index in [2.05, 4.69) is 11.9 Å². The molecule has 0 saturated carbocycles. The standard InChI is InChI=1S/C17H22FNO2/c1-3-21-14-6-7-15(16(18)10-14)17(20)11-8-12-4-5-13(9-11)19(12)2/h6-7,10-13H,3-5,8-9H2,1-2H3. The molecule has 2 fully saturated rings. The molecule has 4 heteroatoms. The average Bonchev–Trinajstić information content (AvgIpc) is 2.69. The van der Waals surface area contributed by atoms with Crippen LogP contribution in [0.4, 0.5) is 4.39 Å². The highest BCUT2D eigenvalue weighted by atomic mass is 19.1. The van der Waals surface area contributed by atoms with Crippen molar-refractivity contribution in [3.63, 3.8) is 0 Å². The second kappa shape index (κ2) is 5.76. The molecule has 3 nitrogen and oxygen atoms in total. The number of hydrogen-bond donors (Lipinski definition) is 0. The largest absolute Gasteiger partial charge is 0.494 e. The fourth-order valence-electron chi connectivity index (χ4n) is 3.80. The lowest BCUT2D eigenvalue weighted by atomic mass is 9.85. The number of carbonyl (C=O) groups is 1. The van der Waals surface area contributed by atoms with E-state index in [1.165, 1.54) is 6.07 Å². The molecular formula is C17H22FNO2. The summed E-state index contributed by atoms with van der Waals surface area (Å²) in [7, 11) is 2.14. The fraction of sp³-hybridized carbons (Fsp3) is 0.588. The van der Waals surface area contributed by atoms with Crippen LogP contribution in [-0.4, -0.2) is 36.4 Å². The van der Waals surface area contributed by atoms with Gasteiger partial charge in [-0.15, -0.1) is 0 Å². The first-order valence-electron chi connectivity index (χ1n) is 7.78. The Hall–Kier alpha value is -1.42. The first kappa shape index (κ1) is 14.5. The minimum Gasteiger partial charge on any atom is -0.494 e. The Morgan fingerprint density at radius 1 is 1.33 bits per heavy atom. The van der Waals surface area contributed by atoms with Crippen molar-refractivity contribution in [3.05, 3.63) is 29.6 Å². The second-order valence-corrected chi connectivity index (χ2v) is 6.16. The summed E-state index contributed by atoms with van der Waals surface area (Å²) in [5, 5.41) is 0. The van der Waals surface area contributed by atoms with Gasteiger partial charge in [0.1, 0.15) is 11.6 Å². The Morgan fingerprint density at radius 2 is 2.00 bits per heavy atom. The van der Waals surface area contributed by atoms with E-state index in [-0.39, 0.29) is 17.3 Å². The Labute approximate surface area is 125 Å². The lowest BCUT2D eigenvalue weighted by Gasteiger charge is -2.35. The summed E-state index contributed by atoms with van der Waals surface area (Å²) < 4.78 is 19.4. The predicted molar refractivity (Wildman–Crippen MR) is 79.2 cm³/mol. The van der Waals surface area contributed by atoms with Crippen molar-refractivity contribution < 1.29 is 13.9 Å². The number of fused-ring (bicyclic) bond motifs is 2. The molecule has 0 aromatic heterocycles. The van der Waals surface area contributed by atoms with Gasteiger partial charge in [-0.2, -0.15) is 0 Å². The van der Waals surface area contributed by atoms with Crippen LogP contribution in [0.1, 0.15) is 43.0 Å². The molecule has 3 rings (SSSR count). The number of hydrogen-bond acceptors (Lipinski definition) is 3. The first-order valence-corrected chi connectivity index (χ1v) is 7.78. The number of carbonyl (C=O) groups excluding carboxylic acids is 1. The van der Waals surface area contributed by atoms with Crippen molar-refractivity contribution >= 4 is 5.78 Å². The van der Waals surface area contributed by atoms with E-state index >= 15 is 0 Å². The van der Waals surface area contributed by atoms with Gasteiger partial charge in [-0.05, 0) is 51.8 Å². The third-order valence-corrected chi connectivity index (χ3v) is 4.99. The van der Waals surface area contributed by atoms with E-state index in [0.717, 1.165) is 25.7 Å². The van der Waals surface area contributed by atoms with Crippen LogP contribution in [0.25, 0.3) is 0 Å². The monoisotopic (exact) mass is 291 g/mol. The van der Waals surface area contributed by atoms with Crippen molar-refractivity contribution in [1.29, 1.82) is 0 Å². The zero-order chi connectivity index (χ0) is 15.0. The van der Waals surface area contributed by atoms with E-state index in [9.17, 15) is 9.18 Å². The first-order chi connectivity index (χ1) is 10.1. The zero-order valence-electron chi connectivity index (χ0n) is 12.6. The Morgan fingerprint density at radius 3 is 2.57 bits per heavy atom. The van der Waals surface area contributed by atoms with E-state index in [0.29, 0.717) is 24.4 Å². The van der Waals surface area contributed by atoms with Crippen LogP contribution in [0.15, 0.2) is 18.2 Å². The van der Waals surface area contributed by atoms with Gasteiger partial charge in [0.05, 0.1) is 12.2 Å². The maximum absolute atomic E-state index is 14.2. The molecule has 2 aliphatic rings. The quantitative estimate of drug-likeness (QED) is 0.797. The molecule has 0 spiro atoms. The van der Waals surface area contributed by atoms with Crippen molar-refractivity contribution in [2.45, 2.75) is 44.7 Å². The number of ketones is 1. The molecule has 0 radical (unpaired) electrons. The van der Waals surface area contributed by atoms with Crippen LogP contribution >= 0.6 is 0 Å². The van der Waals surface area contributed by atoms with E-state index in [1.807, 2.05) is 6.92 Å². The summed E-state index contributed by atoms with van der Waals surface area (Å²) >= 11 is 0. The summed E-state index contributed by atoms with van der Waals surface area (Å²) in [6.45, 7) is 2.34. The minimum absolute atomic E-state index is 0.0360. The van der Waals surface area contributed by atoms with Gasteiger partial charge in [0.25, 0.3) is 0 Å². The van der Waals surface area contributed by atoms with Crippen molar-refractivity contribution in [3.8, 4) is 5.75 Å². The average molecular weight is 291 g/mol. The molecule has 2 saturated heterocycles. The molecule has 2 bridgehead atoms. The molecule has 2 unspecified atom stereocenters. The molecular weight excluding hydrogens is 269 g/mol. The molecule has 1 aromatic rings. The SMILES string of the molecule is CCOc1ccc(C(=O)C2CC3CCC(C2)N3C)c(F)c1. The molecule has 0 N–H and O–H groups in total. The van der Waals surface area contributed by atoms with Gasteiger partial charge < -0.3 is 9.64 Å². The van der Waals surface area contributed by atoms with Crippen molar-refractivity contribution in [2.24, 2.45) is 5.92 Å². The fourth-order valence-corrected chi connectivity index (χ4v) is 3.80. The van der Waals surface area contributed by atoms with Crippen LogP contribution in [0.2, 0.25) is 0 Å². The maximum Gasteiger partial charge on any atom is 0.169 e. The van der Waals surface area contributed by atoms with Gasteiger partial charge >= 0.3 is 0 Å². The van der Waals surface area contributed by atoms with Crippen LogP contribution in [0.5, 0.6) is 5.75 Å². The molecule has 0 amide bonds. The maximum atomic E-state index is 14.2. The van der Waals surface area contributed by atoms with Crippen LogP contribution in [-0.2, 0) is 0 Å². The number of benzene rings is 1. The number of ether oxygens (including phenoxy) is 1. The Balaban J connectivity index is 1.76. The molecule has 21 heavy (non-hydrogen) atoms. The highest BCUT2D eigenvalue weighted by molar-refractivity contribution is 5.98. The van der Waals surface area contributed by atoms with Gasteiger partial charge in [0.2, 0.25) is 0 Å². The zero-order valence-corrected chi connectivity index (χ0v) is 12.6. The molecule has 114 valence electrons. The number of Topliss-reactive ketones (excluding diaryl/α,β-unsaturated/α-hetero) is 1. The lowest BCUT2D eigenvalue weighted by Crippen LogP contribution is -2.42. The van der Waals surface area contributed by atoms with E-state index in [1.54, 1.807) is 12.1 Å². The number of piperidine rings is 1. The summed E-state index contributed by atoms with van der Waals surface area (Å²) in [5.41, 5.74) is 0.215. The summed E-state index contributed by atoms with van der Waals surface area (Å²) in [6.07, 6.45) is 4.05. The topological polar surface area (TPSA) is 29.5 Å². The normalized spacial score (nSPS) is 28.6. The smallest absolute Gasteiger partial charge is 0.169 e. The lowest BCUT2D eigenvalue weighted by molar-refractivity contribution is 0.0763. The molecule has 2 heterocycles. The Kier molecular flexibility index (Phi) is 3.98. The third-order valence-electron chi connectivity index (χ3n) is 4.99. The molecule has 1 aromatic carbocycles. The minimum atomic E-state index is -0.461. The van der Waals surface area contributed by atoms with Gasteiger partial charge in [-0.1, -0.05) is 0 Å².